The maximum absolute atomic E-state index is 10.9. The van der Waals surface area contributed by atoms with Gasteiger partial charge in [-0.2, -0.15) is 0 Å². The SMILES string of the molecule is Cc1cccc([C@H]2CC[C@H](NC(=O)O)[C@@H](N(C)C)C2)c1. The van der Waals surface area contributed by atoms with Gasteiger partial charge in [0.05, 0.1) is 0 Å². The first-order valence-electron chi connectivity index (χ1n) is 7.20. The van der Waals surface area contributed by atoms with Crippen molar-refractivity contribution in [1.29, 1.82) is 0 Å². The molecule has 1 aromatic rings. The molecule has 1 fully saturated rings. The summed E-state index contributed by atoms with van der Waals surface area (Å²) in [7, 11) is 4.06. The van der Waals surface area contributed by atoms with Crippen molar-refractivity contribution in [2.75, 3.05) is 14.1 Å². The minimum absolute atomic E-state index is 0.0311. The standard InChI is InChI=1S/C16H24N2O2/c1-11-5-4-6-12(9-11)13-7-8-14(17-16(19)20)15(10-13)18(2)3/h4-6,9,13-15,17H,7-8,10H2,1-3H3,(H,19,20)/t13-,14-,15-/m0/s1. The van der Waals surface area contributed by atoms with Gasteiger partial charge in [-0.15, -0.1) is 0 Å². The second kappa shape index (κ2) is 6.27. The third-order valence-electron chi connectivity index (χ3n) is 4.30. The molecule has 1 aromatic carbocycles. The van der Waals surface area contributed by atoms with E-state index in [1.807, 2.05) is 14.1 Å². The number of nitrogens with zero attached hydrogens (tertiary/aromatic N) is 1. The maximum Gasteiger partial charge on any atom is 0.404 e. The number of benzene rings is 1. The van der Waals surface area contributed by atoms with E-state index in [4.69, 9.17) is 5.11 Å². The molecule has 0 heterocycles. The molecule has 4 heteroatoms. The van der Waals surface area contributed by atoms with Crippen molar-refractivity contribution < 1.29 is 9.90 Å². The van der Waals surface area contributed by atoms with E-state index >= 15 is 0 Å². The van der Waals surface area contributed by atoms with Crippen molar-refractivity contribution in [3.63, 3.8) is 0 Å². The highest BCUT2D eigenvalue weighted by Gasteiger charge is 2.33. The van der Waals surface area contributed by atoms with Crippen LogP contribution in [0.15, 0.2) is 24.3 Å². The van der Waals surface area contributed by atoms with Crippen molar-refractivity contribution in [3.05, 3.63) is 35.4 Å². The van der Waals surface area contributed by atoms with Crippen molar-refractivity contribution >= 4 is 6.09 Å². The highest BCUT2D eigenvalue weighted by molar-refractivity contribution is 5.65. The summed E-state index contributed by atoms with van der Waals surface area (Å²) in [4.78, 5) is 13.0. The molecule has 0 unspecified atom stereocenters. The summed E-state index contributed by atoms with van der Waals surface area (Å²) in [5.41, 5.74) is 2.67. The molecule has 20 heavy (non-hydrogen) atoms. The lowest BCUT2D eigenvalue weighted by molar-refractivity contribution is 0.145. The van der Waals surface area contributed by atoms with Crippen molar-refractivity contribution in [1.82, 2.24) is 10.2 Å². The molecule has 0 aliphatic heterocycles. The molecule has 2 N–H and O–H groups in total. The first-order valence-corrected chi connectivity index (χ1v) is 7.20. The van der Waals surface area contributed by atoms with Gasteiger partial charge in [-0.25, -0.2) is 4.79 Å². The Kier molecular flexibility index (Phi) is 4.65. The Hall–Kier alpha value is -1.55. The molecular formula is C16H24N2O2. The molecule has 0 spiro atoms. The van der Waals surface area contributed by atoms with Gasteiger partial charge in [-0.05, 0) is 51.8 Å². The van der Waals surface area contributed by atoms with Crippen LogP contribution in [-0.2, 0) is 0 Å². The number of carbonyl (C=O) groups is 1. The van der Waals surface area contributed by atoms with Gasteiger partial charge in [-0.1, -0.05) is 29.8 Å². The lowest BCUT2D eigenvalue weighted by Crippen LogP contribution is -2.52. The lowest BCUT2D eigenvalue weighted by Gasteiger charge is -2.39. The third-order valence-corrected chi connectivity index (χ3v) is 4.30. The Morgan fingerprint density at radius 3 is 2.70 bits per heavy atom. The van der Waals surface area contributed by atoms with Crippen LogP contribution in [0.1, 0.15) is 36.3 Å². The van der Waals surface area contributed by atoms with Crippen LogP contribution in [0.25, 0.3) is 0 Å². The topological polar surface area (TPSA) is 52.6 Å². The Balaban J connectivity index is 2.12. The fraction of sp³-hybridized carbons (Fsp3) is 0.562. The molecule has 0 saturated heterocycles. The Bertz CT molecular complexity index is 473. The van der Waals surface area contributed by atoms with E-state index in [1.165, 1.54) is 11.1 Å². The zero-order chi connectivity index (χ0) is 14.7. The summed E-state index contributed by atoms with van der Waals surface area (Å²) in [5, 5.41) is 11.6. The fourth-order valence-corrected chi connectivity index (χ4v) is 3.27. The second-order valence-corrected chi connectivity index (χ2v) is 6.01. The summed E-state index contributed by atoms with van der Waals surface area (Å²) in [6.07, 6.45) is 2.02. The normalized spacial score (nSPS) is 26.5. The molecular weight excluding hydrogens is 252 g/mol. The molecule has 110 valence electrons. The summed E-state index contributed by atoms with van der Waals surface area (Å²) in [6.45, 7) is 2.12. The van der Waals surface area contributed by atoms with Gasteiger partial charge in [0.25, 0.3) is 0 Å². The summed E-state index contributed by atoms with van der Waals surface area (Å²) in [5.74, 6) is 0.522. The molecule has 0 bridgehead atoms. The van der Waals surface area contributed by atoms with Gasteiger partial charge in [0.1, 0.15) is 0 Å². The monoisotopic (exact) mass is 276 g/mol. The predicted molar refractivity (Wildman–Crippen MR) is 80.2 cm³/mol. The van der Waals surface area contributed by atoms with Gasteiger partial charge in [0.2, 0.25) is 0 Å². The van der Waals surface area contributed by atoms with Crippen LogP contribution in [0.3, 0.4) is 0 Å². The van der Waals surface area contributed by atoms with Crippen LogP contribution in [0, 0.1) is 6.92 Å². The van der Waals surface area contributed by atoms with Crippen LogP contribution in [0.2, 0.25) is 0 Å². The van der Waals surface area contributed by atoms with Gasteiger partial charge in [0, 0.05) is 12.1 Å². The summed E-state index contributed by atoms with van der Waals surface area (Å²) < 4.78 is 0. The van der Waals surface area contributed by atoms with Crippen molar-refractivity contribution in [2.24, 2.45) is 0 Å². The van der Waals surface area contributed by atoms with Crippen LogP contribution in [0.4, 0.5) is 4.79 Å². The molecule has 1 amide bonds. The fourth-order valence-electron chi connectivity index (χ4n) is 3.27. The Morgan fingerprint density at radius 1 is 1.35 bits per heavy atom. The molecule has 3 atom stereocenters. The van der Waals surface area contributed by atoms with Crippen LogP contribution in [0.5, 0.6) is 0 Å². The molecule has 1 saturated carbocycles. The largest absolute Gasteiger partial charge is 0.465 e. The van der Waals surface area contributed by atoms with Crippen LogP contribution >= 0.6 is 0 Å². The summed E-state index contributed by atoms with van der Waals surface area (Å²) in [6, 6.07) is 8.95. The van der Waals surface area contributed by atoms with E-state index in [9.17, 15) is 4.79 Å². The molecule has 1 aliphatic carbocycles. The van der Waals surface area contributed by atoms with E-state index < -0.39 is 6.09 Å². The van der Waals surface area contributed by atoms with Gasteiger partial charge in [0.15, 0.2) is 0 Å². The first-order chi connectivity index (χ1) is 9.47. The van der Waals surface area contributed by atoms with E-state index in [0.717, 1.165) is 19.3 Å². The van der Waals surface area contributed by atoms with E-state index in [-0.39, 0.29) is 12.1 Å². The van der Waals surface area contributed by atoms with Crippen molar-refractivity contribution in [3.8, 4) is 0 Å². The minimum atomic E-state index is -0.921. The summed E-state index contributed by atoms with van der Waals surface area (Å²) >= 11 is 0. The van der Waals surface area contributed by atoms with E-state index in [2.05, 4.69) is 41.4 Å². The maximum atomic E-state index is 10.9. The van der Waals surface area contributed by atoms with Gasteiger partial charge >= 0.3 is 6.09 Å². The number of likely N-dealkylation sites (N-methyl/N-ethyl adjacent to an activating group) is 1. The van der Waals surface area contributed by atoms with E-state index in [0.29, 0.717) is 5.92 Å². The molecule has 2 rings (SSSR count). The van der Waals surface area contributed by atoms with Gasteiger partial charge < -0.3 is 15.3 Å². The number of carboxylic acid groups (broad SMARTS) is 1. The number of rotatable bonds is 3. The minimum Gasteiger partial charge on any atom is -0.465 e. The quantitative estimate of drug-likeness (QED) is 0.892. The van der Waals surface area contributed by atoms with Crippen LogP contribution < -0.4 is 5.32 Å². The number of amides is 1. The van der Waals surface area contributed by atoms with Crippen molar-refractivity contribution in [2.45, 2.75) is 44.2 Å². The predicted octanol–water partition coefficient (Wildman–Crippen LogP) is 2.83. The molecule has 1 aliphatic rings. The zero-order valence-corrected chi connectivity index (χ0v) is 12.5. The molecule has 0 aromatic heterocycles. The number of hydrogen-bond donors (Lipinski definition) is 2. The third kappa shape index (κ3) is 3.51. The first kappa shape index (κ1) is 14.9. The van der Waals surface area contributed by atoms with Gasteiger partial charge in [-0.3, -0.25) is 0 Å². The second-order valence-electron chi connectivity index (χ2n) is 6.01. The zero-order valence-electron chi connectivity index (χ0n) is 12.5. The smallest absolute Gasteiger partial charge is 0.404 e. The number of aryl methyl sites for hydroxylation is 1. The van der Waals surface area contributed by atoms with E-state index in [1.54, 1.807) is 0 Å². The van der Waals surface area contributed by atoms with Crippen LogP contribution in [-0.4, -0.2) is 42.3 Å². The lowest BCUT2D eigenvalue weighted by atomic mass is 9.78. The average molecular weight is 276 g/mol. The number of hydrogen-bond acceptors (Lipinski definition) is 2. The molecule has 0 radical (unpaired) electrons. The highest BCUT2D eigenvalue weighted by Crippen LogP contribution is 2.35. The highest BCUT2D eigenvalue weighted by atomic mass is 16.4. The Morgan fingerprint density at radius 2 is 2.10 bits per heavy atom. The molecule has 4 nitrogen and oxygen atoms in total. The number of nitrogens with one attached hydrogen (secondary N) is 1. The average Bonchev–Trinajstić information content (AvgIpc) is 2.38. The Labute approximate surface area is 120 Å².